The zero-order chi connectivity index (χ0) is 23.8. The summed E-state index contributed by atoms with van der Waals surface area (Å²) < 4.78 is 7.68. The van der Waals surface area contributed by atoms with Crippen molar-refractivity contribution in [3.63, 3.8) is 0 Å². The molecule has 8 nitrogen and oxygen atoms in total. The molecule has 174 valence electrons. The van der Waals surface area contributed by atoms with E-state index in [1.807, 2.05) is 39.2 Å². The van der Waals surface area contributed by atoms with E-state index in [-0.39, 0.29) is 22.8 Å². The summed E-state index contributed by atoms with van der Waals surface area (Å²) >= 11 is 0. The number of oxazole rings is 1. The third-order valence-electron chi connectivity index (χ3n) is 6.64. The number of anilines is 1. The first kappa shape index (κ1) is 22.8. The van der Waals surface area contributed by atoms with Crippen LogP contribution in [0.25, 0.3) is 11.0 Å². The molecule has 33 heavy (non-hydrogen) atoms. The fraction of sp³-hybridized carbons (Fsp3) is 0.520. The van der Waals surface area contributed by atoms with Gasteiger partial charge in [0.25, 0.3) is 0 Å². The topological polar surface area (TPSA) is 108 Å². The van der Waals surface area contributed by atoms with E-state index < -0.39 is 6.09 Å². The van der Waals surface area contributed by atoms with Crippen molar-refractivity contribution in [3.05, 3.63) is 42.0 Å². The Hall–Kier alpha value is -3.34. The van der Waals surface area contributed by atoms with Crippen molar-refractivity contribution < 1.29 is 14.3 Å². The quantitative estimate of drug-likeness (QED) is 0.545. The summed E-state index contributed by atoms with van der Waals surface area (Å²) in [5.41, 5.74) is 2.97. The van der Waals surface area contributed by atoms with Crippen LogP contribution in [0.5, 0.6) is 0 Å². The van der Waals surface area contributed by atoms with E-state index in [1.54, 1.807) is 12.3 Å². The molecule has 1 aliphatic carbocycles. The first-order valence-corrected chi connectivity index (χ1v) is 11.4. The summed E-state index contributed by atoms with van der Waals surface area (Å²) in [6, 6.07) is 7.89. The van der Waals surface area contributed by atoms with Gasteiger partial charge in [0.2, 0.25) is 0 Å². The standard InChI is InChI=1S/C25H31N5O3/c1-24(2,3)21-14-33-22(28-21)30(23(31)32)13-18-6-5-9-25(4,11-18)15-29-16-27-19-8-7-17(12-26)10-20(19)29/h7-8,10,14,16,18H,5-6,9,11,13,15H2,1-4H3,(H,31,32)/t18?,25-/m0/s1. The average molecular weight is 450 g/mol. The molecule has 1 unspecified atom stereocenters. The van der Waals surface area contributed by atoms with E-state index in [2.05, 4.69) is 27.5 Å². The molecule has 1 aliphatic rings. The predicted octanol–water partition coefficient (Wildman–Crippen LogP) is 5.57. The molecule has 1 aromatic carbocycles. The number of nitrogens with zero attached hydrogens (tertiary/aromatic N) is 5. The Balaban J connectivity index is 1.51. The Labute approximate surface area is 193 Å². The maximum atomic E-state index is 12.0. The number of nitriles is 1. The minimum absolute atomic E-state index is 0.00344. The molecular formula is C25H31N5O3. The van der Waals surface area contributed by atoms with E-state index in [0.717, 1.165) is 49.0 Å². The number of fused-ring (bicyclic) bond motifs is 1. The normalized spacial score (nSPS) is 21.1. The molecule has 0 radical (unpaired) electrons. The van der Waals surface area contributed by atoms with Gasteiger partial charge in [0.15, 0.2) is 0 Å². The van der Waals surface area contributed by atoms with E-state index in [0.29, 0.717) is 12.1 Å². The van der Waals surface area contributed by atoms with Crippen LogP contribution < -0.4 is 4.90 Å². The lowest BCUT2D eigenvalue weighted by Gasteiger charge is -2.39. The largest absolute Gasteiger partial charge is 0.465 e. The van der Waals surface area contributed by atoms with Crippen molar-refractivity contribution in [2.24, 2.45) is 11.3 Å². The van der Waals surface area contributed by atoms with Gasteiger partial charge in [-0.15, -0.1) is 0 Å². The fourth-order valence-electron chi connectivity index (χ4n) is 4.91. The van der Waals surface area contributed by atoms with Crippen LogP contribution in [0, 0.1) is 22.7 Å². The Morgan fingerprint density at radius 3 is 2.88 bits per heavy atom. The van der Waals surface area contributed by atoms with Crippen LogP contribution in [0.1, 0.15) is 64.6 Å². The van der Waals surface area contributed by atoms with Crippen molar-refractivity contribution in [1.82, 2.24) is 14.5 Å². The molecule has 0 aliphatic heterocycles. The molecule has 2 atom stereocenters. The summed E-state index contributed by atoms with van der Waals surface area (Å²) in [5, 5.41) is 19.1. The van der Waals surface area contributed by atoms with Gasteiger partial charge in [-0.2, -0.15) is 10.2 Å². The number of hydrogen-bond donors (Lipinski definition) is 1. The Morgan fingerprint density at radius 1 is 1.42 bits per heavy atom. The van der Waals surface area contributed by atoms with Gasteiger partial charge in [-0.3, -0.25) is 0 Å². The molecule has 8 heteroatoms. The van der Waals surface area contributed by atoms with Gasteiger partial charge in [-0.25, -0.2) is 14.7 Å². The maximum absolute atomic E-state index is 12.0. The highest BCUT2D eigenvalue weighted by atomic mass is 16.4. The molecule has 0 saturated heterocycles. The van der Waals surface area contributed by atoms with Gasteiger partial charge in [0.1, 0.15) is 6.26 Å². The summed E-state index contributed by atoms with van der Waals surface area (Å²) in [6.45, 7) is 9.45. The highest BCUT2D eigenvalue weighted by Gasteiger charge is 2.35. The number of hydrogen-bond acceptors (Lipinski definition) is 5. The lowest BCUT2D eigenvalue weighted by molar-refractivity contribution is 0.135. The van der Waals surface area contributed by atoms with E-state index in [4.69, 9.17) is 4.42 Å². The second kappa shape index (κ2) is 8.54. The molecule has 1 saturated carbocycles. The molecule has 0 spiro atoms. The minimum atomic E-state index is -1.05. The SMILES string of the molecule is CC(C)(C)c1coc(N(CC2CCC[C@](C)(Cn3cnc4ccc(C#N)cc43)C2)C(=O)O)n1. The van der Waals surface area contributed by atoms with Gasteiger partial charge in [0, 0.05) is 18.5 Å². The number of aromatic nitrogens is 3. The predicted molar refractivity (Wildman–Crippen MR) is 125 cm³/mol. The molecule has 3 aromatic rings. The third-order valence-corrected chi connectivity index (χ3v) is 6.64. The molecule has 1 amide bonds. The van der Waals surface area contributed by atoms with E-state index in [9.17, 15) is 15.2 Å². The molecule has 2 heterocycles. The van der Waals surface area contributed by atoms with Crippen molar-refractivity contribution in [2.75, 3.05) is 11.4 Å². The second-order valence-corrected chi connectivity index (χ2v) is 10.6. The maximum Gasteiger partial charge on any atom is 0.415 e. The van der Waals surface area contributed by atoms with Crippen molar-refractivity contribution in [2.45, 2.75) is 65.3 Å². The smallest absolute Gasteiger partial charge is 0.415 e. The van der Waals surface area contributed by atoms with Crippen LogP contribution in [0.4, 0.5) is 10.8 Å². The number of carbonyl (C=O) groups is 1. The molecule has 2 aromatic heterocycles. The Morgan fingerprint density at radius 2 is 2.21 bits per heavy atom. The lowest BCUT2D eigenvalue weighted by atomic mass is 9.70. The summed E-state index contributed by atoms with van der Waals surface area (Å²) in [4.78, 5) is 22.2. The zero-order valence-corrected chi connectivity index (χ0v) is 19.7. The van der Waals surface area contributed by atoms with Gasteiger partial charge < -0.3 is 14.1 Å². The first-order chi connectivity index (χ1) is 15.6. The summed E-state index contributed by atoms with van der Waals surface area (Å²) in [5.74, 6) is 0.203. The molecule has 4 rings (SSSR count). The lowest BCUT2D eigenvalue weighted by Crippen LogP contribution is -2.39. The van der Waals surface area contributed by atoms with Crippen LogP contribution in [0.2, 0.25) is 0 Å². The molecule has 1 fully saturated rings. The minimum Gasteiger partial charge on any atom is -0.465 e. The Kier molecular flexibility index (Phi) is 5.91. The number of rotatable bonds is 5. The monoisotopic (exact) mass is 449 g/mol. The third kappa shape index (κ3) is 4.87. The van der Waals surface area contributed by atoms with Crippen molar-refractivity contribution in [1.29, 1.82) is 5.26 Å². The van der Waals surface area contributed by atoms with Gasteiger partial charge >= 0.3 is 12.1 Å². The second-order valence-electron chi connectivity index (χ2n) is 10.6. The van der Waals surface area contributed by atoms with Gasteiger partial charge in [-0.05, 0) is 48.8 Å². The summed E-state index contributed by atoms with van der Waals surface area (Å²) in [6.07, 6.45) is 6.29. The van der Waals surface area contributed by atoms with E-state index >= 15 is 0 Å². The van der Waals surface area contributed by atoms with Gasteiger partial charge in [-0.1, -0.05) is 34.1 Å². The van der Waals surface area contributed by atoms with E-state index in [1.165, 1.54) is 4.90 Å². The Bertz CT molecular complexity index is 1200. The van der Waals surface area contributed by atoms with Crippen molar-refractivity contribution >= 4 is 23.1 Å². The fourth-order valence-corrected chi connectivity index (χ4v) is 4.91. The van der Waals surface area contributed by atoms with Crippen LogP contribution in [-0.4, -0.2) is 32.3 Å². The zero-order valence-electron chi connectivity index (χ0n) is 19.7. The average Bonchev–Trinajstić information content (AvgIpc) is 3.39. The van der Waals surface area contributed by atoms with Crippen LogP contribution in [0.15, 0.2) is 35.2 Å². The van der Waals surface area contributed by atoms with Crippen molar-refractivity contribution in [3.8, 4) is 6.07 Å². The number of amides is 1. The first-order valence-electron chi connectivity index (χ1n) is 11.4. The number of imidazole rings is 1. The number of benzene rings is 1. The van der Waals surface area contributed by atoms with Crippen LogP contribution in [-0.2, 0) is 12.0 Å². The molecule has 0 bridgehead atoms. The highest BCUT2D eigenvalue weighted by molar-refractivity contribution is 5.83. The molecule has 1 N–H and O–H groups in total. The summed E-state index contributed by atoms with van der Waals surface area (Å²) in [7, 11) is 0. The highest BCUT2D eigenvalue weighted by Crippen LogP contribution is 2.41. The number of carboxylic acid groups (broad SMARTS) is 1. The van der Waals surface area contributed by atoms with Crippen LogP contribution >= 0.6 is 0 Å². The van der Waals surface area contributed by atoms with Crippen LogP contribution in [0.3, 0.4) is 0 Å². The molecular weight excluding hydrogens is 418 g/mol. The van der Waals surface area contributed by atoms with Gasteiger partial charge in [0.05, 0.1) is 34.7 Å².